The Bertz CT molecular complexity index is 121. The molecule has 0 spiro atoms. The third-order valence-electron chi connectivity index (χ3n) is 1.54. The minimum Gasteiger partial charge on any atom is -0.384 e. The first kappa shape index (κ1) is 11.7. The van der Waals surface area contributed by atoms with Crippen molar-refractivity contribution in [2.24, 2.45) is 5.92 Å². The molecule has 0 rings (SSSR count). The fraction of sp³-hybridized carbons (Fsp3) is 0.800. The van der Waals surface area contributed by atoms with Crippen LogP contribution in [0.5, 0.6) is 0 Å². The molecule has 0 saturated carbocycles. The maximum Gasteiger partial charge on any atom is 0.0522 e. The molecule has 0 radical (unpaired) electrons. The molecule has 0 heterocycles. The maximum absolute atomic E-state index is 5.01. The highest BCUT2D eigenvalue weighted by molar-refractivity contribution is 4.88. The monoisotopic (exact) mass is 171 g/mol. The SMILES string of the molecule is COCC(C)/C=C/CNC(C)C. The molecule has 0 amide bonds. The lowest BCUT2D eigenvalue weighted by molar-refractivity contribution is 0.176. The van der Waals surface area contributed by atoms with Crippen molar-refractivity contribution in [3.63, 3.8) is 0 Å². The summed E-state index contributed by atoms with van der Waals surface area (Å²) in [6.07, 6.45) is 4.34. The number of hydrogen-bond acceptors (Lipinski definition) is 2. The summed E-state index contributed by atoms with van der Waals surface area (Å²) in [5.41, 5.74) is 0. The van der Waals surface area contributed by atoms with Gasteiger partial charge in [-0.1, -0.05) is 32.9 Å². The standard InChI is InChI=1S/C10H21NO/c1-9(2)11-7-5-6-10(3)8-12-4/h5-6,9-11H,7-8H2,1-4H3/b6-5+. The molecule has 1 atom stereocenters. The fourth-order valence-corrected chi connectivity index (χ4v) is 0.923. The molecule has 0 aromatic carbocycles. The van der Waals surface area contributed by atoms with Crippen LogP contribution in [0, 0.1) is 5.92 Å². The molecule has 1 unspecified atom stereocenters. The molecule has 0 aromatic heterocycles. The molecule has 0 aromatic rings. The van der Waals surface area contributed by atoms with Crippen molar-refractivity contribution in [2.75, 3.05) is 20.3 Å². The minimum atomic E-state index is 0.518. The third kappa shape index (κ3) is 7.76. The van der Waals surface area contributed by atoms with Crippen LogP contribution >= 0.6 is 0 Å². The van der Waals surface area contributed by atoms with Crippen molar-refractivity contribution in [2.45, 2.75) is 26.8 Å². The molecule has 72 valence electrons. The first-order valence-corrected chi connectivity index (χ1v) is 4.55. The number of ether oxygens (including phenoxy) is 1. The fourth-order valence-electron chi connectivity index (χ4n) is 0.923. The van der Waals surface area contributed by atoms with Gasteiger partial charge in [0.2, 0.25) is 0 Å². The van der Waals surface area contributed by atoms with E-state index in [0.29, 0.717) is 12.0 Å². The van der Waals surface area contributed by atoms with Gasteiger partial charge in [-0.2, -0.15) is 0 Å². The van der Waals surface area contributed by atoms with E-state index in [9.17, 15) is 0 Å². The Morgan fingerprint density at radius 1 is 1.33 bits per heavy atom. The van der Waals surface area contributed by atoms with Gasteiger partial charge < -0.3 is 10.1 Å². The van der Waals surface area contributed by atoms with Crippen LogP contribution in [-0.4, -0.2) is 26.3 Å². The zero-order chi connectivity index (χ0) is 9.40. The molecule has 2 heteroatoms. The van der Waals surface area contributed by atoms with Crippen molar-refractivity contribution in [1.29, 1.82) is 0 Å². The van der Waals surface area contributed by atoms with Crippen LogP contribution in [0.15, 0.2) is 12.2 Å². The Labute approximate surface area is 76.0 Å². The highest BCUT2D eigenvalue weighted by atomic mass is 16.5. The summed E-state index contributed by atoms with van der Waals surface area (Å²) in [6, 6.07) is 0.562. The zero-order valence-corrected chi connectivity index (χ0v) is 8.63. The predicted octanol–water partition coefficient (Wildman–Crippen LogP) is 1.82. The van der Waals surface area contributed by atoms with Gasteiger partial charge in [-0.05, 0) is 5.92 Å². The molecule has 2 nitrogen and oxygen atoms in total. The van der Waals surface area contributed by atoms with Gasteiger partial charge in [-0.15, -0.1) is 0 Å². The minimum absolute atomic E-state index is 0.518. The summed E-state index contributed by atoms with van der Waals surface area (Å²) >= 11 is 0. The predicted molar refractivity (Wildman–Crippen MR) is 53.3 cm³/mol. The van der Waals surface area contributed by atoms with E-state index < -0.39 is 0 Å². The molecule has 1 N–H and O–H groups in total. The average Bonchev–Trinajstić information content (AvgIpc) is 1.98. The van der Waals surface area contributed by atoms with Crippen molar-refractivity contribution in [3.8, 4) is 0 Å². The average molecular weight is 171 g/mol. The van der Waals surface area contributed by atoms with E-state index >= 15 is 0 Å². The van der Waals surface area contributed by atoms with E-state index in [-0.39, 0.29) is 0 Å². The van der Waals surface area contributed by atoms with Crippen molar-refractivity contribution in [1.82, 2.24) is 5.32 Å². The summed E-state index contributed by atoms with van der Waals surface area (Å²) in [5.74, 6) is 0.518. The van der Waals surface area contributed by atoms with E-state index in [0.717, 1.165) is 13.2 Å². The second-order valence-corrected chi connectivity index (χ2v) is 3.42. The van der Waals surface area contributed by atoms with Gasteiger partial charge in [0, 0.05) is 19.7 Å². The molecule has 0 aliphatic rings. The van der Waals surface area contributed by atoms with E-state index in [4.69, 9.17) is 4.74 Å². The highest BCUT2D eigenvalue weighted by Gasteiger charge is 1.93. The molecule has 0 bridgehead atoms. The summed E-state index contributed by atoms with van der Waals surface area (Å²) in [5, 5.41) is 3.32. The Morgan fingerprint density at radius 2 is 2.00 bits per heavy atom. The molecule has 0 fully saturated rings. The van der Waals surface area contributed by atoms with Crippen molar-refractivity contribution < 1.29 is 4.74 Å². The molecule has 0 saturated heterocycles. The Kier molecular flexibility index (Phi) is 7.11. The number of nitrogens with one attached hydrogen (secondary N) is 1. The highest BCUT2D eigenvalue weighted by Crippen LogP contribution is 1.96. The second-order valence-electron chi connectivity index (χ2n) is 3.42. The number of rotatable bonds is 6. The van der Waals surface area contributed by atoms with Crippen LogP contribution in [0.4, 0.5) is 0 Å². The van der Waals surface area contributed by atoms with E-state index in [1.807, 2.05) is 0 Å². The quantitative estimate of drug-likeness (QED) is 0.616. The smallest absolute Gasteiger partial charge is 0.0522 e. The van der Waals surface area contributed by atoms with Crippen molar-refractivity contribution >= 4 is 0 Å². The summed E-state index contributed by atoms with van der Waals surface area (Å²) in [7, 11) is 1.73. The normalized spacial score (nSPS) is 14.4. The number of hydrogen-bond donors (Lipinski definition) is 1. The van der Waals surface area contributed by atoms with Crippen LogP contribution in [0.25, 0.3) is 0 Å². The lowest BCUT2D eigenvalue weighted by atomic mass is 10.2. The summed E-state index contributed by atoms with van der Waals surface area (Å²) < 4.78 is 5.01. The zero-order valence-electron chi connectivity index (χ0n) is 8.63. The lowest BCUT2D eigenvalue weighted by Gasteiger charge is -2.05. The van der Waals surface area contributed by atoms with Gasteiger partial charge in [0.05, 0.1) is 6.61 Å². The first-order valence-electron chi connectivity index (χ1n) is 4.55. The molecule has 0 aliphatic heterocycles. The van der Waals surface area contributed by atoms with E-state index in [1.165, 1.54) is 0 Å². The van der Waals surface area contributed by atoms with Gasteiger partial charge in [-0.25, -0.2) is 0 Å². The third-order valence-corrected chi connectivity index (χ3v) is 1.54. The van der Waals surface area contributed by atoms with Gasteiger partial charge in [-0.3, -0.25) is 0 Å². The Morgan fingerprint density at radius 3 is 2.50 bits per heavy atom. The molecular weight excluding hydrogens is 150 g/mol. The second kappa shape index (κ2) is 7.32. The summed E-state index contributed by atoms with van der Waals surface area (Å²) in [4.78, 5) is 0. The topological polar surface area (TPSA) is 21.3 Å². The molecule has 12 heavy (non-hydrogen) atoms. The summed E-state index contributed by atoms with van der Waals surface area (Å²) in [6.45, 7) is 8.19. The van der Waals surface area contributed by atoms with Crippen LogP contribution in [0.1, 0.15) is 20.8 Å². The first-order chi connectivity index (χ1) is 5.66. The van der Waals surface area contributed by atoms with Crippen LogP contribution < -0.4 is 5.32 Å². The largest absolute Gasteiger partial charge is 0.384 e. The van der Waals surface area contributed by atoms with Gasteiger partial charge >= 0.3 is 0 Å². The van der Waals surface area contributed by atoms with Crippen LogP contribution in [0.2, 0.25) is 0 Å². The molecule has 0 aliphatic carbocycles. The number of methoxy groups -OCH3 is 1. The van der Waals surface area contributed by atoms with Gasteiger partial charge in [0.1, 0.15) is 0 Å². The van der Waals surface area contributed by atoms with Crippen LogP contribution in [0.3, 0.4) is 0 Å². The van der Waals surface area contributed by atoms with Gasteiger partial charge in [0.15, 0.2) is 0 Å². The maximum atomic E-state index is 5.01. The van der Waals surface area contributed by atoms with Crippen molar-refractivity contribution in [3.05, 3.63) is 12.2 Å². The van der Waals surface area contributed by atoms with Crippen LogP contribution in [-0.2, 0) is 4.74 Å². The van der Waals surface area contributed by atoms with Gasteiger partial charge in [0.25, 0.3) is 0 Å². The van der Waals surface area contributed by atoms with E-state index in [2.05, 4.69) is 38.2 Å². The van der Waals surface area contributed by atoms with E-state index in [1.54, 1.807) is 7.11 Å². The molecular formula is C10H21NO. The Hall–Kier alpha value is -0.340. The lowest BCUT2D eigenvalue weighted by Crippen LogP contribution is -2.22. The Balaban J connectivity index is 3.34.